The first-order valence-electron chi connectivity index (χ1n) is 6.40. The number of hydrogen-bond donors (Lipinski definition) is 2. The van der Waals surface area contributed by atoms with Gasteiger partial charge in [0.2, 0.25) is 5.91 Å². The van der Waals surface area contributed by atoms with Crippen LogP contribution >= 0.6 is 11.3 Å². The quantitative estimate of drug-likeness (QED) is 0.890. The van der Waals surface area contributed by atoms with Gasteiger partial charge in [-0.25, -0.2) is 4.39 Å². The third-order valence-corrected chi connectivity index (χ3v) is 3.78. The molecule has 2 aromatic rings. The molecule has 0 saturated heterocycles. The van der Waals surface area contributed by atoms with E-state index in [1.165, 1.54) is 23.5 Å². The summed E-state index contributed by atoms with van der Waals surface area (Å²) in [6, 6.07) is 9.45. The third-order valence-electron chi connectivity index (χ3n) is 2.78. The molecule has 0 aliphatic rings. The summed E-state index contributed by atoms with van der Waals surface area (Å²) in [5.74, 6) is -0.866. The Kier molecular flexibility index (Phi) is 5.05. The zero-order valence-corrected chi connectivity index (χ0v) is 12.3. The maximum absolute atomic E-state index is 12.7. The van der Waals surface area contributed by atoms with E-state index in [0.29, 0.717) is 11.4 Å². The van der Waals surface area contributed by atoms with Crippen molar-refractivity contribution in [1.82, 2.24) is 10.6 Å². The molecule has 0 bridgehead atoms. The highest BCUT2D eigenvalue weighted by molar-refractivity contribution is 7.13. The standard InChI is InChI=1S/C15H15FN2O2S/c1-10-2-7-13(21-10)15(20)18-9-14(19)17-8-11-3-5-12(16)6-4-11/h2-7H,8-9H2,1H3,(H,17,19)(H,18,20). The number of thiophene rings is 1. The van der Waals surface area contributed by atoms with E-state index in [2.05, 4.69) is 10.6 Å². The lowest BCUT2D eigenvalue weighted by Crippen LogP contribution is -2.36. The monoisotopic (exact) mass is 306 g/mol. The molecule has 4 nitrogen and oxygen atoms in total. The highest BCUT2D eigenvalue weighted by atomic mass is 32.1. The number of rotatable bonds is 5. The summed E-state index contributed by atoms with van der Waals surface area (Å²) in [6.45, 7) is 2.13. The fourth-order valence-corrected chi connectivity index (χ4v) is 2.45. The Morgan fingerprint density at radius 2 is 1.81 bits per heavy atom. The molecule has 0 atom stereocenters. The van der Waals surface area contributed by atoms with Gasteiger partial charge < -0.3 is 10.6 Å². The molecular formula is C15H15FN2O2S. The molecule has 0 unspecified atom stereocenters. The van der Waals surface area contributed by atoms with E-state index >= 15 is 0 Å². The molecular weight excluding hydrogens is 291 g/mol. The molecule has 1 aromatic heterocycles. The average molecular weight is 306 g/mol. The van der Waals surface area contributed by atoms with Crippen LogP contribution in [-0.4, -0.2) is 18.4 Å². The second kappa shape index (κ2) is 6.99. The van der Waals surface area contributed by atoms with Gasteiger partial charge in [-0.1, -0.05) is 12.1 Å². The van der Waals surface area contributed by atoms with Gasteiger partial charge >= 0.3 is 0 Å². The molecule has 0 aliphatic heterocycles. The molecule has 0 fully saturated rings. The summed E-state index contributed by atoms with van der Waals surface area (Å²) in [4.78, 5) is 25.0. The molecule has 110 valence electrons. The van der Waals surface area contributed by atoms with Crippen LogP contribution < -0.4 is 10.6 Å². The number of amides is 2. The first-order valence-corrected chi connectivity index (χ1v) is 7.22. The summed E-state index contributed by atoms with van der Waals surface area (Å²) in [5.41, 5.74) is 0.796. The lowest BCUT2D eigenvalue weighted by atomic mass is 10.2. The predicted molar refractivity (Wildman–Crippen MR) is 79.6 cm³/mol. The molecule has 0 radical (unpaired) electrons. The van der Waals surface area contributed by atoms with Crippen LogP contribution in [0.4, 0.5) is 4.39 Å². The van der Waals surface area contributed by atoms with Crippen molar-refractivity contribution in [2.45, 2.75) is 13.5 Å². The van der Waals surface area contributed by atoms with Gasteiger partial charge in [-0.15, -0.1) is 11.3 Å². The van der Waals surface area contributed by atoms with Crippen molar-refractivity contribution in [1.29, 1.82) is 0 Å². The lowest BCUT2D eigenvalue weighted by Gasteiger charge is -2.06. The van der Waals surface area contributed by atoms with Crippen LogP contribution in [0.15, 0.2) is 36.4 Å². The lowest BCUT2D eigenvalue weighted by molar-refractivity contribution is -0.120. The fraction of sp³-hybridized carbons (Fsp3) is 0.200. The van der Waals surface area contributed by atoms with Gasteiger partial charge in [0.25, 0.3) is 5.91 Å². The Bertz CT molecular complexity index is 637. The SMILES string of the molecule is Cc1ccc(C(=O)NCC(=O)NCc2ccc(F)cc2)s1. The van der Waals surface area contributed by atoms with E-state index in [0.717, 1.165) is 10.4 Å². The van der Waals surface area contributed by atoms with E-state index in [4.69, 9.17) is 0 Å². The fourth-order valence-electron chi connectivity index (χ4n) is 1.67. The summed E-state index contributed by atoms with van der Waals surface area (Å²) in [6.07, 6.45) is 0. The minimum atomic E-state index is -0.316. The minimum absolute atomic E-state index is 0.0863. The van der Waals surface area contributed by atoms with Crippen LogP contribution in [-0.2, 0) is 11.3 Å². The second-order valence-electron chi connectivity index (χ2n) is 4.50. The molecule has 21 heavy (non-hydrogen) atoms. The van der Waals surface area contributed by atoms with E-state index in [1.807, 2.05) is 13.0 Å². The Labute approximate surface area is 126 Å². The Hall–Kier alpha value is -2.21. The van der Waals surface area contributed by atoms with E-state index in [9.17, 15) is 14.0 Å². The highest BCUT2D eigenvalue weighted by Gasteiger charge is 2.09. The van der Waals surface area contributed by atoms with Crippen molar-refractivity contribution in [3.63, 3.8) is 0 Å². The molecule has 6 heteroatoms. The highest BCUT2D eigenvalue weighted by Crippen LogP contribution is 2.14. The normalized spacial score (nSPS) is 10.2. The van der Waals surface area contributed by atoms with E-state index < -0.39 is 0 Å². The molecule has 2 amide bonds. The van der Waals surface area contributed by atoms with Crippen molar-refractivity contribution < 1.29 is 14.0 Å². The van der Waals surface area contributed by atoms with Crippen LogP contribution in [0.3, 0.4) is 0 Å². The maximum atomic E-state index is 12.7. The van der Waals surface area contributed by atoms with Crippen LogP contribution in [0, 0.1) is 12.7 Å². The van der Waals surface area contributed by atoms with E-state index in [1.54, 1.807) is 18.2 Å². The van der Waals surface area contributed by atoms with Gasteiger partial charge in [-0.2, -0.15) is 0 Å². The van der Waals surface area contributed by atoms with Gasteiger partial charge in [-0.05, 0) is 36.8 Å². The van der Waals surface area contributed by atoms with Gasteiger partial charge in [0, 0.05) is 11.4 Å². The number of hydrogen-bond acceptors (Lipinski definition) is 3. The maximum Gasteiger partial charge on any atom is 0.261 e. The number of benzene rings is 1. The molecule has 0 saturated carbocycles. The van der Waals surface area contributed by atoms with Crippen LogP contribution in [0.2, 0.25) is 0 Å². The van der Waals surface area contributed by atoms with Crippen molar-refractivity contribution in [3.05, 3.63) is 57.5 Å². The van der Waals surface area contributed by atoms with Gasteiger partial charge in [0.05, 0.1) is 11.4 Å². The molecule has 2 N–H and O–H groups in total. The van der Waals surface area contributed by atoms with Crippen LogP contribution in [0.25, 0.3) is 0 Å². The van der Waals surface area contributed by atoms with Gasteiger partial charge in [0.15, 0.2) is 0 Å². The first-order chi connectivity index (χ1) is 10.0. The van der Waals surface area contributed by atoms with Gasteiger partial charge in [-0.3, -0.25) is 9.59 Å². The molecule has 0 spiro atoms. The third kappa shape index (κ3) is 4.68. The number of halogens is 1. The van der Waals surface area contributed by atoms with Crippen molar-refractivity contribution in [2.24, 2.45) is 0 Å². The number of carbonyl (C=O) groups is 2. The minimum Gasteiger partial charge on any atom is -0.350 e. The van der Waals surface area contributed by atoms with Crippen molar-refractivity contribution in [3.8, 4) is 0 Å². The second-order valence-corrected chi connectivity index (χ2v) is 5.78. The summed E-state index contributed by atoms with van der Waals surface area (Å²) in [5, 5.41) is 5.21. The Morgan fingerprint density at radius 1 is 1.10 bits per heavy atom. The smallest absolute Gasteiger partial charge is 0.261 e. The Morgan fingerprint density at radius 3 is 2.43 bits per heavy atom. The average Bonchev–Trinajstić information content (AvgIpc) is 2.91. The first kappa shape index (κ1) is 15.2. The number of nitrogens with one attached hydrogen (secondary N) is 2. The summed E-state index contributed by atoms with van der Waals surface area (Å²) < 4.78 is 12.7. The molecule has 0 aliphatic carbocycles. The number of aryl methyl sites for hydroxylation is 1. The molecule has 2 rings (SSSR count). The zero-order valence-electron chi connectivity index (χ0n) is 11.5. The molecule has 1 heterocycles. The van der Waals surface area contributed by atoms with E-state index in [-0.39, 0.29) is 24.2 Å². The zero-order chi connectivity index (χ0) is 15.2. The van der Waals surface area contributed by atoms with Crippen LogP contribution in [0.5, 0.6) is 0 Å². The van der Waals surface area contributed by atoms with Gasteiger partial charge in [0.1, 0.15) is 5.82 Å². The van der Waals surface area contributed by atoms with Crippen molar-refractivity contribution >= 4 is 23.2 Å². The predicted octanol–water partition coefficient (Wildman–Crippen LogP) is 2.24. The summed E-state index contributed by atoms with van der Waals surface area (Å²) in [7, 11) is 0. The Balaban J connectivity index is 1.74. The largest absolute Gasteiger partial charge is 0.350 e. The summed E-state index contributed by atoms with van der Waals surface area (Å²) >= 11 is 1.38. The topological polar surface area (TPSA) is 58.2 Å². The van der Waals surface area contributed by atoms with Crippen molar-refractivity contribution in [2.75, 3.05) is 6.54 Å². The van der Waals surface area contributed by atoms with Crippen LogP contribution in [0.1, 0.15) is 20.1 Å². The molecule has 1 aromatic carbocycles. The number of carbonyl (C=O) groups excluding carboxylic acids is 2.